The van der Waals surface area contributed by atoms with Gasteiger partial charge in [0.2, 0.25) is 17.7 Å². The van der Waals surface area contributed by atoms with Crippen molar-refractivity contribution >= 4 is 46.5 Å². The smallest absolute Gasteiger partial charge is 0.343 e. The van der Waals surface area contributed by atoms with Crippen LogP contribution in [-0.4, -0.2) is 89.7 Å². The standard InChI is InChI=1S/C33H43N9O4/c1-10-26(43)36-23-15-24(30(45-9)38-29(23)41-14-13-21(17-41)40(7)8)37-32-34-16-22(31(44)46-19(2)3)28(39-32)42-18-33(5,6)27-25(42)12-11-20(4)35-27/h10-12,15-16,19,21H,1,13-14,17-18H2,2-9H3,(H,36,43)(H,34,37,39)/t21-/m1/s1. The summed E-state index contributed by atoms with van der Waals surface area (Å²) < 4.78 is 11.3. The van der Waals surface area contributed by atoms with Crippen molar-refractivity contribution in [3.63, 3.8) is 0 Å². The quantitative estimate of drug-likeness (QED) is 0.240. The number of likely N-dealkylation sites (N-methyl/N-ethyl adjacent to an activating group) is 1. The highest BCUT2D eigenvalue weighted by Crippen LogP contribution is 2.44. The number of aryl methyl sites for hydroxylation is 1. The summed E-state index contributed by atoms with van der Waals surface area (Å²) in [6, 6.07) is 6.04. The van der Waals surface area contributed by atoms with Crippen molar-refractivity contribution in [1.82, 2.24) is 24.8 Å². The van der Waals surface area contributed by atoms with Crippen LogP contribution in [0.3, 0.4) is 0 Å². The number of nitrogens with zero attached hydrogens (tertiary/aromatic N) is 7. The maximum Gasteiger partial charge on any atom is 0.343 e. The predicted octanol–water partition coefficient (Wildman–Crippen LogP) is 4.59. The van der Waals surface area contributed by atoms with E-state index in [1.54, 1.807) is 19.9 Å². The van der Waals surface area contributed by atoms with Gasteiger partial charge in [0.15, 0.2) is 11.6 Å². The van der Waals surface area contributed by atoms with Crippen LogP contribution in [0.15, 0.2) is 37.1 Å². The molecule has 46 heavy (non-hydrogen) atoms. The molecule has 13 nitrogen and oxygen atoms in total. The third kappa shape index (κ3) is 6.59. The minimum atomic E-state index is -0.525. The second-order valence-electron chi connectivity index (χ2n) is 12.8. The Kier molecular flexibility index (Phi) is 9.15. The molecule has 2 N–H and O–H groups in total. The van der Waals surface area contributed by atoms with Gasteiger partial charge in [-0.3, -0.25) is 9.78 Å². The first-order chi connectivity index (χ1) is 21.8. The van der Waals surface area contributed by atoms with Gasteiger partial charge in [-0.15, -0.1) is 0 Å². The van der Waals surface area contributed by atoms with E-state index in [0.29, 0.717) is 41.5 Å². The zero-order valence-corrected chi connectivity index (χ0v) is 27.8. The summed E-state index contributed by atoms with van der Waals surface area (Å²) >= 11 is 0. The molecule has 0 bridgehead atoms. The number of carbonyl (C=O) groups is 2. The molecule has 3 aromatic rings. The van der Waals surface area contributed by atoms with E-state index >= 15 is 0 Å². The molecular formula is C33H43N9O4. The zero-order valence-electron chi connectivity index (χ0n) is 27.8. The molecule has 5 rings (SSSR count). The lowest BCUT2D eigenvalue weighted by Gasteiger charge is -2.25. The Hall–Kier alpha value is -4.78. The Morgan fingerprint density at radius 1 is 1.15 bits per heavy atom. The molecule has 1 fully saturated rings. The average Bonchev–Trinajstić information content (AvgIpc) is 3.60. The van der Waals surface area contributed by atoms with Gasteiger partial charge < -0.3 is 34.8 Å². The molecule has 13 heteroatoms. The van der Waals surface area contributed by atoms with Crippen LogP contribution in [0.1, 0.15) is 55.9 Å². The van der Waals surface area contributed by atoms with E-state index in [1.165, 1.54) is 19.4 Å². The number of hydrogen-bond acceptors (Lipinski definition) is 12. The molecule has 0 spiro atoms. The van der Waals surface area contributed by atoms with Crippen molar-refractivity contribution in [2.24, 2.45) is 0 Å². The maximum atomic E-state index is 13.3. The van der Waals surface area contributed by atoms with E-state index in [4.69, 9.17) is 24.4 Å². The number of hydrogen-bond donors (Lipinski definition) is 2. The molecule has 1 saturated heterocycles. The van der Waals surface area contributed by atoms with Gasteiger partial charge in [0, 0.05) is 43.0 Å². The van der Waals surface area contributed by atoms with Crippen LogP contribution in [0.4, 0.5) is 34.6 Å². The molecule has 2 aliphatic rings. The van der Waals surface area contributed by atoms with Crippen LogP contribution >= 0.6 is 0 Å². The summed E-state index contributed by atoms with van der Waals surface area (Å²) in [5.74, 6) is 0.576. The molecule has 1 atom stereocenters. The molecule has 0 saturated carbocycles. The molecule has 244 valence electrons. The van der Waals surface area contributed by atoms with Gasteiger partial charge in [0.25, 0.3) is 0 Å². The summed E-state index contributed by atoms with van der Waals surface area (Å²) in [6.45, 7) is 15.4. The van der Waals surface area contributed by atoms with E-state index in [0.717, 1.165) is 36.6 Å². The third-order valence-corrected chi connectivity index (χ3v) is 8.13. The molecular weight excluding hydrogens is 586 g/mol. The number of methoxy groups -OCH3 is 1. The van der Waals surface area contributed by atoms with Crippen LogP contribution in [0, 0.1) is 6.92 Å². The number of esters is 1. The second-order valence-corrected chi connectivity index (χ2v) is 12.8. The first kappa shape index (κ1) is 32.6. The summed E-state index contributed by atoms with van der Waals surface area (Å²) in [5.41, 5.74) is 3.53. The SMILES string of the molecule is C=CC(=O)Nc1cc(Nc2ncc(C(=O)OC(C)C)c(N3CC(C)(C)c4nc(C)ccc43)n2)c(OC)nc1N1CC[C@@H](N(C)C)C1. The number of aromatic nitrogens is 4. The Morgan fingerprint density at radius 3 is 2.57 bits per heavy atom. The highest BCUT2D eigenvalue weighted by atomic mass is 16.5. The van der Waals surface area contributed by atoms with Crippen molar-refractivity contribution in [1.29, 1.82) is 0 Å². The first-order valence-electron chi connectivity index (χ1n) is 15.4. The highest BCUT2D eigenvalue weighted by molar-refractivity contribution is 6.01. The lowest BCUT2D eigenvalue weighted by molar-refractivity contribution is -0.111. The summed E-state index contributed by atoms with van der Waals surface area (Å²) in [6.07, 6.45) is 3.30. The molecule has 1 amide bonds. The number of pyridine rings is 2. The molecule has 0 aliphatic carbocycles. The predicted molar refractivity (Wildman–Crippen MR) is 179 cm³/mol. The Balaban J connectivity index is 1.57. The van der Waals surface area contributed by atoms with E-state index in [-0.39, 0.29) is 28.9 Å². The molecule has 3 aromatic heterocycles. The number of ether oxygens (including phenoxy) is 2. The van der Waals surface area contributed by atoms with Gasteiger partial charge in [0.1, 0.15) is 11.3 Å². The van der Waals surface area contributed by atoms with Crippen LogP contribution in [0.5, 0.6) is 5.88 Å². The highest BCUT2D eigenvalue weighted by Gasteiger charge is 2.40. The van der Waals surface area contributed by atoms with Gasteiger partial charge >= 0.3 is 5.97 Å². The molecule has 0 unspecified atom stereocenters. The van der Waals surface area contributed by atoms with Crippen LogP contribution in [0.25, 0.3) is 0 Å². The average molecular weight is 630 g/mol. The van der Waals surface area contributed by atoms with Gasteiger partial charge in [-0.25, -0.2) is 9.78 Å². The van der Waals surface area contributed by atoms with Crippen LogP contribution in [0.2, 0.25) is 0 Å². The molecule has 2 aliphatic heterocycles. The minimum absolute atomic E-state index is 0.199. The van der Waals surface area contributed by atoms with E-state index < -0.39 is 5.97 Å². The van der Waals surface area contributed by atoms with Gasteiger partial charge in [0.05, 0.1) is 30.3 Å². The third-order valence-electron chi connectivity index (χ3n) is 8.13. The summed E-state index contributed by atoms with van der Waals surface area (Å²) in [4.78, 5) is 51.0. The van der Waals surface area contributed by atoms with E-state index in [2.05, 4.69) is 59.9 Å². The number of carbonyl (C=O) groups excluding carboxylic acids is 2. The van der Waals surface area contributed by atoms with Crippen molar-refractivity contribution in [2.75, 3.05) is 61.3 Å². The molecule has 5 heterocycles. The Morgan fingerprint density at radius 2 is 1.91 bits per heavy atom. The number of anilines is 6. The Labute approximate surface area is 270 Å². The number of fused-ring (bicyclic) bond motifs is 1. The minimum Gasteiger partial charge on any atom is -0.479 e. The van der Waals surface area contributed by atoms with Crippen molar-refractivity contribution in [3.05, 3.63) is 54.0 Å². The van der Waals surface area contributed by atoms with Crippen LogP contribution < -0.4 is 25.2 Å². The summed E-state index contributed by atoms with van der Waals surface area (Å²) in [7, 11) is 5.63. The van der Waals surface area contributed by atoms with Crippen LogP contribution in [-0.2, 0) is 14.9 Å². The van der Waals surface area contributed by atoms with Gasteiger partial charge in [-0.2, -0.15) is 9.97 Å². The van der Waals surface area contributed by atoms with Gasteiger partial charge in [-0.1, -0.05) is 20.4 Å². The lowest BCUT2D eigenvalue weighted by Crippen LogP contribution is -2.32. The first-order valence-corrected chi connectivity index (χ1v) is 15.4. The van der Waals surface area contributed by atoms with E-state index in [9.17, 15) is 9.59 Å². The maximum absolute atomic E-state index is 13.3. The zero-order chi connectivity index (χ0) is 33.3. The van der Waals surface area contributed by atoms with Crippen molar-refractivity contribution in [2.45, 2.75) is 58.6 Å². The lowest BCUT2D eigenvalue weighted by atomic mass is 9.91. The summed E-state index contributed by atoms with van der Waals surface area (Å²) in [5, 5.41) is 6.11. The second kappa shape index (κ2) is 12.9. The monoisotopic (exact) mass is 629 g/mol. The van der Waals surface area contributed by atoms with Crippen molar-refractivity contribution < 1.29 is 19.1 Å². The number of rotatable bonds is 10. The molecule has 0 aromatic carbocycles. The van der Waals surface area contributed by atoms with E-state index in [1.807, 2.05) is 24.0 Å². The fourth-order valence-corrected chi connectivity index (χ4v) is 5.80. The normalized spacial score (nSPS) is 16.9. The fourth-order valence-electron chi connectivity index (χ4n) is 5.80. The number of amides is 1. The number of nitrogens with one attached hydrogen (secondary N) is 2. The van der Waals surface area contributed by atoms with Gasteiger partial charge in [-0.05, 0) is 65.6 Å². The fraction of sp³-hybridized carbons (Fsp3) is 0.455. The van der Waals surface area contributed by atoms with Crippen molar-refractivity contribution in [3.8, 4) is 5.88 Å². The Bertz CT molecular complexity index is 1660. The topological polar surface area (TPSA) is 138 Å². The largest absolute Gasteiger partial charge is 0.479 e. The molecule has 0 radical (unpaired) electrons.